The van der Waals surface area contributed by atoms with Crippen LogP contribution in [0.2, 0.25) is 0 Å². The van der Waals surface area contributed by atoms with Gasteiger partial charge in [-0.3, -0.25) is 4.79 Å². The van der Waals surface area contributed by atoms with E-state index in [1.165, 1.54) is 12.1 Å². The van der Waals surface area contributed by atoms with Crippen molar-refractivity contribution in [1.29, 1.82) is 0 Å². The van der Waals surface area contributed by atoms with Crippen LogP contribution in [0.5, 0.6) is 0 Å². The third-order valence-corrected chi connectivity index (χ3v) is 7.86. The van der Waals surface area contributed by atoms with Crippen LogP contribution in [0, 0.1) is 12.7 Å². The van der Waals surface area contributed by atoms with Gasteiger partial charge in [0.25, 0.3) is 0 Å². The number of sulfone groups is 1. The Kier molecular flexibility index (Phi) is 5.29. The molecule has 10 heteroatoms. The van der Waals surface area contributed by atoms with E-state index in [1.54, 1.807) is 37.5 Å². The standard InChI is InChI=1S/C24H20FNO7S/c1-12-15-6-17-18(13-2-4-14(25)5-3-13)9-32-21(17)8-22(15)33-24(29)16(12)7-23(28)26-19-10-34(30,31)11-20(19)27/h2-6,8-9,19-20,27H,7,10-11H2,1H3,(H,26,28)/t19-,20-/m0/s1. The molecule has 2 aromatic carbocycles. The number of halogens is 1. The number of benzene rings is 2. The molecule has 1 fully saturated rings. The van der Waals surface area contributed by atoms with Crippen molar-refractivity contribution in [2.45, 2.75) is 25.5 Å². The third kappa shape index (κ3) is 3.99. The van der Waals surface area contributed by atoms with Crippen LogP contribution >= 0.6 is 0 Å². The van der Waals surface area contributed by atoms with E-state index < -0.39 is 39.3 Å². The zero-order valence-electron chi connectivity index (χ0n) is 18.0. The summed E-state index contributed by atoms with van der Waals surface area (Å²) in [6, 6.07) is 8.43. The highest BCUT2D eigenvalue weighted by atomic mass is 32.2. The molecule has 3 heterocycles. The summed E-state index contributed by atoms with van der Waals surface area (Å²) in [5, 5.41) is 13.7. The Bertz CT molecular complexity index is 1600. The molecular weight excluding hydrogens is 465 g/mol. The summed E-state index contributed by atoms with van der Waals surface area (Å²) >= 11 is 0. The summed E-state index contributed by atoms with van der Waals surface area (Å²) in [4.78, 5) is 25.2. The van der Waals surface area contributed by atoms with Gasteiger partial charge in [-0.2, -0.15) is 0 Å². The van der Waals surface area contributed by atoms with Gasteiger partial charge in [0, 0.05) is 22.4 Å². The van der Waals surface area contributed by atoms with Gasteiger partial charge in [0.15, 0.2) is 9.84 Å². The van der Waals surface area contributed by atoms with Crippen LogP contribution in [0.25, 0.3) is 33.1 Å². The topological polar surface area (TPSA) is 127 Å². The summed E-state index contributed by atoms with van der Waals surface area (Å²) in [6.07, 6.45) is 0.0172. The number of nitrogens with one attached hydrogen (secondary N) is 1. The lowest BCUT2D eigenvalue weighted by Gasteiger charge is -2.15. The van der Waals surface area contributed by atoms with Gasteiger partial charge in [-0.05, 0) is 36.2 Å². The van der Waals surface area contributed by atoms with E-state index in [-0.39, 0.29) is 29.1 Å². The van der Waals surface area contributed by atoms with Gasteiger partial charge in [0.05, 0.1) is 41.9 Å². The van der Waals surface area contributed by atoms with Gasteiger partial charge < -0.3 is 19.3 Å². The number of amides is 1. The van der Waals surface area contributed by atoms with E-state index in [9.17, 15) is 27.5 Å². The van der Waals surface area contributed by atoms with Crippen LogP contribution < -0.4 is 10.9 Å². The average molecular weight is 485 g/mol. The van der Waals surface area contributed by atoms with Gasteiger partial charge in [-0.15, -0.1) is 0 Å². The lowest BCUT2D eigenvalue weighted by Crippen LogP contribution is -2.43. The van der Waals surface area contributed by atoms with Crippen molar-refractivity contribution in [3.8, 4) is 11.1 Å². The van der Waals surface area contributed by atoms with Crippen molar-refractivity contribution >= 4 is 37.7 Å². The molecule has 0 bridgehead atoms. The Morgan fingerprint density at radius 1 is 1.15 bits per heavy atom. The first kappa shape index (κ1) is 22.3. The van der Waals surface area contributed by atoms with E-state index in [0.29, 0.717) is 16.5 Å². The first-order chi connectivity index (χ1) is 16.1. The molecule has 0 unspecified atom stereocenters. The molecule has 0 radical (unpaired) electrons. The number of aliphatic hydroxyl groups excluding tert-OH is 1. The van der Waals surface area contributed by atoms with E-state index in [1.807, 2.05) is 0 Å². The first-order valence-corrected chi connectivity index (χ1v) is 12.3. The number of hydrogen-bond donors (Lipinski definition) is 2. The number of carbonyl (C=O) groups is 1. The lowest BCUT2D eigenvalue weighted by atomic mass is 9.99. The highest BCUT2D eigenvalue weighted by molar-refractivity contribution is 7.91. The molecule has 1 aliphatic rings. The van der Waals surface area contributed by atoms with Gasteiger partial charge in [-0.1, -0.05) is 12.1 Å². The molecular formula is C24H20FNO7S. The van der Waals surface area contributed by atoms with E-state index >= 15 is 0 Å². The first-order valence-electron chi connectivity index (χ1n) is 10.5. The van der Waals surface area contributed by atoms with E-state index in [0.717, 1.165) is 16.5 Å². The fourth-order valence-electron chi connectivity index (χ4n) is 4.35. The van der Waals surface area contributed by atoms with Crippen molar-refractivity contribution in [2.75, 3.05) is 11.5 Å². The number of furan rings is 1. The van der Waals surface area contributed by atoms with Crippen LogP contribution in [0.1, 0.15) is 11.1 Å². The average Bonchev–Trinajstić information content (AvgIpc) is 3.29. The maximum atomic E-state index is 13.3. The fourth-order valence-corrected chi connectivity index (χ4v) is 6.09. The van der Waals surface area contributed by atoms with Crippen molar-refractivity contribution < 1.29 is 31.5 Å². The monoisotopic (exact) mass is 485 g/mol. The lowest BCUT2D eigenvalue weighted by molar-refractivity contribution is -0.121. The Morgan fingerprint density at radius 3 is 2.56 bits per heavy atom. The van der Waals surface area contributed by atoms with Crippen molar-refractivity contribution in [1.82, 2.24) is 5.32 Å². The number of hydrogen-bond acceptors (Lipinski definition) is 7. The van der Waals surface area contributed by atoms with Crippen molar-refractivity contribution in [3.63, 3.8) is 0 Å². The highest BCUT2D eigenvalue weighted by Gasteiger charge is 2.37. The molecule has 8 nitrogen and oxygen atoms in total. The molecule has 0 saturated carbocycles. The summed E-state index contributed by atoms with van der Waals surface area (Å²) < 4.78 is 47.8. The maximum absolute atomic E-state index is 13.3. The normalized spacial score (nSPS) is 19.6. The maximum Gasteiger partial charge on any atom is 0.340 e. The predicted octanol–water partition coefficient (Wildman–Crippen LogP) is 2.47. The number of aryl methyl sites for hydroxylation is 1. The SMILES string of the molecule is Cc1c(CC(=O)N[C@H]2CS(=O)(=O)C[C@@H]2O)c(=O)oc2cc3occ(-c4ccc(F)cc4)c3cc12. The van der Waals surface area contributed by atoms with E-state index in [4.69, 9.17) is 8.83 Å². The van der Waals surface area contributed by atoms with Gasteiger partial charge in [0.2, 0.25) is 5.91 Å². The summed E-state index contributed by atoms with van der Waals surface area (Å²) in [7, 11) is -3.43. The Morgan fingerprint density at radius 2 is 1.88 bits per heavy atom. The highest BCUT2D eigenvalue weighted by Crippen LogP contribution is 2.34. The van der Waals surface area contributed by atoms with Crippen molar-refractivity contribution in [3.05, 3.63) is 70.0 Å². The molecule has 34 heavy (non-hydrogen) atoms. The number of rotatable bonds is 4. The van der Waals surface area contributed by atoms with Crippen LogP contribution in [-0.4, -0.2) is 43.1 Å². The molecule has 176 valence electrons. The second kappa shape index (κ2) is 8.07. The Balaban J connectivity index is 1.51. The predicted molar refractivity (Wildman–Crippen MR) is 123 cm³/mol. The zero-order valence-corrected chi connectivity index (χ0v) is 18.8. The van der Waals surface area contributed by atoms with Crippen molar-refractivity contribution in [2.24, 2.45) is 0 Å². The number of fused-ring (bicyclic) bond motifs is 2. The molecule has 5 rings (SSSR count). The Labute approximate surface area is 192 Å². The summed E-state index contributed by atoms with van der Waals surface area (Å²) in [5.74, 6) is -1.71. The minimum atomic E-state index is -3.43. The fraction of sp³-hybridized carbons (Fsp3) is 0.250. The minimum absolute atomic E-state index is 0.131. The number of aliphatic hydroxyl groups is 1. The largest absolute Gasteiger partial charge is 0.464 e. The Hall–Kier alpha value is -3.50. The van der Waals surface area contributed by atoms with Gasteiger partial charge in [-0.25, -0.2) is 17.6 Å². The molecule has 1 saturated heterocycles. The second-order valence-corrected chi connectivity index (χ2v) is 10.6. The summed E-state index contributed by atoms with van der Waals surface area (Å²) in [6.45, 7) is 1.69. The number of carbonyl (C=O) groups excluding carboxylic acids is 1. The molecule has 0 aliphatic carbocycles. The van der Waals surface area contributed by atoms with Gasteiger partial charge in [0.1, 0.15) is 17.0 Å². The van der Waals surface area contributed by atoms with Crippen LogP contribution in [0.4, 0.5) is 4.39 Å². The minimum Gasteiger partial charge on any atom is -0.464 e. The van der Waals surface area contributed by atoms with E-state index in [2.05, 4.69) is 5.32 Å². The second-order valence-electron chi connectivity index (χ2n) is 8.49. The molecule has 1 aliphatic heterocycles. The molecule has 2 atom stereocenters. The molecule has 0 spiro atoms. The zero-order chi connectivity index (χ0) is 24.2. The van der Waals surface area contributed by atoms with Crippen LogP contribution in [0.15, 0.2) is 56.3 Å². The summed E-state index contributed by atoms with van der Waals surface area (Å²) in [5.41, 5.74) is 2.23. The van der Waals surface area contributed by atoms with Gasteiger partial charge >= 0.3 is 5.63 Å². The molecule has 4 aromatic rings. The molecule has 2 aromatic heterocycles. The van der Waals surface area contributed by atoms with Crippen LogP contribution in [-0.2, 0) is 21.1 Å². The van der Waals surface area contributed by atoms with Crippen LogP contribution in [0.3, 0.4) is 0 Å². The smallest absolute Gasteiger partial charge is 0.340 e. The third-order valence-electron chi connectivity index (χ3n) is 6.14. The molecule has 2 N–H and O–H groups in total. The quantitative estimate of drug-likeness (QED) is 0.425. The molecule has 1 amide bonds.